The van der Waals surface area contributed by atoms with E-state index in [1.807, 2.05) is 0 Å². The van der Waals surface area contributed by atoms with Crippen molar-refractivity contribution in [3.63, 3.8) is 0 Å². The fourth-order valence-corrected chi connectivity index (χ4v) is 3.03. The first kappa shape index (κ1) is 12.2. The van der Waals surface area contributed by atoms with Crippen molar-refractivity contribution in [1.29, 1.82) is 0 Å². The molecule has 0 aromatic heterocycles. The predicted molar refractivity (Wildman–Crippen MR) is 65.7 cm³/mol. The third-order valence-electron chi connectivity index (χ3n) is 3.78. The number of rotatable bonds is 3. The lowest BCUT2D eigenvalue weighted by Crippen LogP contribution is -2.56. The average Bonchev–Trinajstić information content (AvgIpc) is 2.71. The summed E-state index contributed by atoms with van der Waals surface area (Å²) >= 11 is 5.63. The molecule has 0 spiro atoms. The van der Waals surface area contributed by atoms with Crippen LogP contribution in [0, 0.1) is 0 Å². The second-order valence-corrected chi connectivity index (χ2v) is 5.36. The Morgan fingerprint density at radius 1 is 1.44 bits per heavy atom. The molecule has 2 fully saturated rings. The lowest BCUT2D eigenvalue weighted by Gasteiger charge is -2.42. The third-order valence-corrected chi connectivity index (χ3v) is 4.05. The smallest absolute Gasteiger partial charge is 0.222 e. The molecule has 2 rings (SSSR count). The van der Waals surface area contributed by atoms with Gasteiger partial charge >= 0.3 is 0 Å². The summed E-state index contributed by atoms with van der Waals surface area (Å²) in [7, 11) is 0. The minimum atomic E-state index is 0.291. The number of piperazine rings is 1. The summed E-state index contributed by atoms with van der Waals surface area (Å²) < 4.78 is 0. The van der Waals surface area contributed by atoms with Gasteiger partial charge in [0.2, 0.25) is 5.91 Å². The molecule has 92 valence electrons. The van der Waals surface area contributed by atoms with Gasteiger partial charge in [0.1, 0.15) is 0 Å². The van der Waals surface area contributed by atoms with Crippen molar-refractivity contribution in [2.45, 2.75) is 44.7 Å². The first-order valence-electron chi connectivity index (χ1n) is 6.32. The molecule has 0 aliphatic carbocycles. The maximum Gasteiger partial charge on any atom is 0.222 e. The average molecular weight is 245 g/mol. The van der Waals surface area contributed by atoms with Crippen LogP contribution < -0.4 is 0 Å². The van der Waals surface area contributed by atoms with E-state index in [4.69, 9.17) is 11.6 Å². The Morgan fingerprint density at radius 3 is 3.00 bits per heavy atom. The van der Waals surface area contributed by atoms with Crippen LogP contribution in [-0.2, 0) is 4.79 Å². The predicted octanol–water partition coefficient (Wildman–Crippen LogP) is 1.70. The molecule has 2 aliphatic heterocycles. The summed E-state index contributed by atoms with van der Waals surface area (Å²) in [5.41, 5.74) is 0. The number of carbonyl (C=O) groups is 1. The van der Waals surface area contributed by atoms with E-state index in [1.54, 1.807) is 0 Å². The fraction of sp³-hybridized carbons (Fsp3) is 0.917. The number of amides is 1. The molecule has 16 heavy (non-hydrogen) atoms. The Hall–Kier alpha value is -0.280. The molecule has 2 saturated heterocycles. The summed E-state index contributed by atoms with van der Waals surface area (Å²) in [5.74, 6) is 0.878. The number of nitrogens with zero attached hydrogens (tertiary/aromatic N) is 2. The zero-order valence-corrected chi connectivity index (χ0v) is 10.7. The normalized spacial score (nSPS) is 30.5. The maximum absolute atomic E-state index is 12.0. The summed E-state index contributed by atoms with van der Waals surface area (Å²) in [6.07, 6.45) is 3.96. The number of alkyl halides is 1. The molecular formula is C12H21ClN2O. The number of fused-ring (bicyclic) bond motifs is 1. The summed E-state index contributed by atoms with van der Waals surface area (Å²) in [4.78, 5) is 16.6. The first-order valence-corrected chi connectivity index (χ1v) is 6.85. The molecule has 2 atom stereocenters. The number of halogens is 1. The molecule has 2 heterocycles. The van der Waals surface area contributed by atoms with Gasteiger partial charge in [-0.05, 0) is 32.7 Å². The van der Waals surface area contributed by atoms with Gasteiger partial charge in [-0.25, -0.2) is 0 Å². The van der Waals surface area contributed by atoms with Crippen LogP contribution in [0.5, 0.6) is 0 Å². The Bertz CT molecular complexity index is 259. The van der Waals surface area contributed by atoms with E-state index in [0.29, 0.717) is 30.3 Å². The highest BCUT2D eigenvalue weighted by atomic mass is 35.5. The van der Waals surface area contributed by atoms with Crippen LogP contribution in [0.25, 0.3) is 0 Å². The Kier molecular flexibility index (Phi) is 4.09. The SMILES string of the molecule is CC1CN2CCCC2CN1C(=O)CCCCl. The van der Waals surface area contributed by atoms with Crippen molar-refractivity contribution in [2.24, 2.45) is 0 Å². The van der Waals surface area contributed by atoms with Gasteiger partial charge in [0, 0.05) is 37.5 Å². The molecule has 4 heteroatoms. The lowest BCUT2D eigenvalue weighted by atomic mass is 10.1. The second kappa shape index (κ2) is 5.37. The number of carbonyl (C=O) groups excluding carboxylic acids is 1. The quantitative estimate of drug-likeness (QED) is 0.706. The highest BCUT2D eigenvalue weighted by Crippen LogP contribution is 2.25. The molecule has 0 radical (unpaired) electrons. The summed E-state index contributed by atoms with van der Waals surface area (Å²) in [6.45, 7) is 5.37. The molecule has 3 nitrogen and oxygen atoms in total. The van der Waals surface area contributed by atoms with Crippen molar-refractivity contribution in [3.05, 3.63) is 0 Å². The van der Waals surface area contributed by atoms with E-state index in [0.717, 1.165) is 19.5 Å². The van der Waals surface area contributed by atoms with E-state index < -0.39 is 0 Å². The van der Waals surface area contributed by atoms with E-state index in [1.165, 1.54) is 19.4 Å². The van der Waals surface area contributed by atoms with Crippen molar-refractivity contribution in [2.75, 3.05) is 25.5 Å². The van der Waals surface area contributed by atoms with Crippen molar-refractivity contribution in [1.82, 2.24) is 9.80 Å². The first-order chi connectivity index (χ1) is 7.72. The zero-order chi connectivity index (χ0) is 11.5. The van der Waals surface area contributed by atoms with Crippen LogP contribution in [0.3, 0.4) is 0 Å². The van der Waals surface area contributed by atoms with Gasteiger partial charge in [-0.2, -0.15) is 0 Å². The number of hydrogen-bond donors (Lipinski definition) is 0. The van der Waals surface area contributed by atoms with Crippen molar-refractivity contribution < 1.29 is 4.79 Å². The molecule has 0 bridgehead atoms. The van der Waals surface area contributed by atoms with Gasteiger partial charge in [0.25, 0.3) is 0 Å². The maximum atomic E-state index is 12.0. The van der Waals surface area contributed by atoms with E-state index in [9.17, 15) is 4.79 Å². The Morgan fingerprint density at radius 2 is 2.25 bits per heavy atom. The molecule has 0 N–H and O–H groups in total. The van der Waals surface area contributed by atoms with Crippen molar-refractivity contribution in [3.8, 4) is 0 Å². The topological polar surface area (TPSA) is 23.6 Å². The zero-order valence-electron chi connectivity index (χ0n) is 9.99. The Labute approximate surface area is 103 Å². The van der Waals surface area contributed by atoms with Gasteiger partial charge in [-0.15, -0.1) is 11.6 Å². The second-order valence-electron chi connectivity index (χ2n) is 4.98. The number of hydrogen-bond acceptors (Lipinski definition) is 2. The van der Waals surface area contributed by atoms with Crippen LogP contribution in [0.2, 0.25) is 0 Å². The highest BCUT2D eigenvalue weighted by Gasteiger charge is 2.35. The van der Waals surface area contributed by atoms with Crippen LogP contribution in [0.15, 0.2) is 0 Å². The summed E-state index contributed by atoms with van der Waals surface area (Å²) in [6, 6.07) is 0.994. The lowest BCUT2D eigenvalue weighted by molar-refractivity contribution is -0.136. The van der Waals surface area contributed by atoms with Crippen LogP contribution >= 0.6 is 11.6 Å². The largest absolute Gasteiger partial charge is 0.337 e. The van der Waals surface area contributed by atoms with Gasteiger partial charge in [0.15, 0.2) is 0 Å². The molecule has 0 aromatic carbocycles. The van der Waals surface area contributed by atoms with Gasteiger partial charge in [-0.1, -0.05) is 0 Å². The molecule has 2 aliphatic rings. The minimum absolute atomic E-state index is 0.291. The fourth-order valence-electron chi connectivity index (χ4n) is 2.90. The van der Waals surface area contributed by atoms with Gasteiger partial charge in [0.05, 0.1) is 0 Å². The summed E-state index contributed by atoms with van der Waals surface area (Å²) in [5, 5.41) is 0. The van der Waals surface area contributed by atoms with E-state index in [2.05, 4.69) is 16.7 Å². The van der Waals surface area contributed by atoms with Crippen LogP contribution in [0.4, 0.5) is 0 Å². The van der Waals surface area contributed by atoms with E-state index >= 15 is 0 Å². The standard InChI is InChI=1S/C12H21ClN2O/c1-10-8-14-7-3-4-11(14)9-15(10)12(16)5-2-6-13/h10-11H,2-9H2,1H3. The molecule has 0 saturated carbocycles. The minimum Gasteiger partial charge on any atom is -0.337 e. The van der Waals surface area contributed by atoms with Crippen LogP contribution in [-0.4, -0.2) is 53.3 Å². The van der Waals surface area contributed by atoms with Crippen molar-refractivity contribution >= 4 is 17.5 Å². The van der Waals surface area contributed by atoms with Gasteiger partial charge < -0.3 is 4.90 Å². The van der Waals surface area contributed by atoms with Crippen LogP contribution in [0.1, 0.15) is 32.6 Å². The molecular weight excluding hydrogens is 224 g/mol. The Balaban J connectivity index is 1.91. The molecule has 2 unspecified atom stereocenters. The highest BCUT2D eigenvalue weighted by molar-refractivity contribution is 6.17. The van der Waals surface area contributed by atoms with E-state index in [-0.39, 0.29) is 0 Å². The molecule has 0 aromatic rings. The monoisotopic (exact) mass is 244 g/mol. The molecule has 1 amide bonds. The van der Waals surface area contributed by atoms with Gasteiger partial charge in [-0.3, -0.25) is 9.69 Å². The third kappa shape index (κ3) is 2.51.